The van der Waals surface area contributed by atoms with Gasteiger partial charge in [0, 0.05) is 30.4 Å². The van der Waals surface area contributed by atoms with E-state index >= 15 is 0 Å². The molecule has 2 atom stereocenters. The number of rotatable bonds is 3. The number of anilines is 1. The van der Waals surface area contributed by atoms with E-state index in [0.29, 0.717) is 5.13 Å². The highest BCUT2D eigenvalue weighted by Crippen LogP contribution is 2.28. The van der Waals surface area contributed by atoms with Gasteiger partial charge in [-0.3, -0.25) is 4.79 Å². The fourth-order valence-corrected chi connectivity index (χ4v) is 4.29. The van der Waals surface area contributed by atoms with Crippen LogP contribution in [0, 0.1) is 0 Å². The van der Waals surface area contributed by atoms with Crippen LogP contribution in [-0.4, -0.2) is 35.4 Å². The first-order chi connectivity index (χ1) is 11.7. The van der Waals surface area contributed by atoms with E-state index < -0.39 is 0 Å². The summed E-state index contributed by atoms with van der Waals surface area (Å²) in [5, 5.41) is 3.69. The Morgan fingerprint density at radius 1 is 1.33 bits per heavy atom. The SMILES string of the molecule is CN1CCc2nc(NC(=O)C3CC(c4ccccc4)NN3)sc2C1. The van der Waals surface area contributed by atoms with Gasteiger partial charge in [-0.05, 0) is 19.0 Å². The van der Waals surface area contributed by atoms with Crippen LogP contribution >= 0.6 is 11.3 Å². The Bertz CT molecular complexity index is 732. The zero-order chi connectivity index (χ0) is 16.5. The lowest BCUT2D eigenvalue weighted by atomic mass is 10.0. The minimum absolute atomic E-state index is 0.0274. The van der Waals surface area contributed by atoms with Gasteiger partial charge in [-0.25, -0.2) is 15.8 Å². The second kappa shape index (κ2) is 6.60. The molecule has 1 amide bonds. The summed E-state index contributed by atoms with van der Waals surface area (Å²) in [5.41, 5.74) is 8.63. The summed E-state index contributed by atoms with van der Waals surface area (Å²) in [6.45, 7) is 1.94. The third kappa shape index (κ3) is 3.21. The molecule has 2 aromatic rings. The van der Waals surface area contributed by atoms with Crippen molar-refractivity contribution in [3.63, 3.8) is 0 Å². The molecule has 1 aromatic carbocycles. The molecule has 2 aliphatic rings. The van der Waals surface area contributed by atoms with Crippen LogP contribution < -0.4 is 16.2 Å². The number of fused-ring (bicyclic) bond motifs is 1. The molecule has 7 heteroatoms. The number of hydrogen-bond donors (Lipinski definition) is 3. The summed E-state index contributed by atoms with van der Waals surface area (Å²) >= 11 is 1.59. The van der Waals surface area contributed by atoms with Crippen LogP contribution in [0.15, 0.2) is 30.3 Å². The highest BCUT2D eigenvalue weighted by molar-refractivity contribution is 7.15. The van der Waals surface area contributed by atoms with E-state index in [9.17, 15) is 4.79 Å². The average molecular weight is 343 g/mol. The number of hydrogen-bond acceptors (Lipinski definition) is 6. The Kier molecular flexibility index (Phi) is 4.32. The highest BCUT2D eigenvalue weighted by atomic mass is 32.1. The number of carbonyl (C=O) groups excluding carboxylic acids is 1. The molecule has 0 saturated carbocycles. The molecule has 1 saturated heterocycles. The van der Waals surface area contributed by atoms with Crippen molar-refractivity contribution in [2.75, 3.05) is 18.9 Å². The Balaban J connectivity index is 1.39. The van der Waals surface area contributed by atoms with Crippen molar-refractivity contribution in [3.05, 3.63) is 46.5 Å². The maximum Gasteiger partial charge on any atom is 0.244 e. The maximum atomic E-state index is 12.5. The van der Waals surface area contributed by atoms with Crippen molar-refractivity contribution in [2.24, 2.45) is 0 Å². The number of benzene rings is 1. The molecule has 4 rings (SSSR count). The first-order valence-corrected chi connectivity index (χ1v) is 9.04. The molecule has 2 unspecified atom stereocenters. The molecule has 0 radical (unpaired) electrons. The van der Waals surface area contributed by atoms with Crippen molar-refractivity contribution >= 4 is 22.4 Å². The van der Waals surface area contributed by atoms with Crippen LogP contribution in [0.5, 0.6) is 0 Å². The molecule has 0 spiro atoms. The van der Waals surface area contributed by atoms with Gasteiger partial charge in [0.1, 0.15) is 6.04 Å². The minimum Gasteiger partial charge on any atom is -0.301 e. The number of hydrazine groups is 1. The van der Waals surface area contributed by atoms with Crippen molar-refractivity contribution in [1.82, 2.24) is 20.7 Å². The van der Waals surface area contributed by atoms with Crippen molar-refractivity contribution in [1.29, 1.82) is 0 Å². The molecule has 0 aliphatic carbocycles. The molecule has 126 valence electrons. The van der Waals surface area contributed by atoms with E-state index in [0.717, 1.165) is 31.6 Å². The molecular formula is C17H21N5OS. The maximum absolute atomic E-state index is 12.5. The van der Waals surface area contributed by atoms with Gasteiger partial charge in [0.25, 0.3) is 0 Å². The van der Waals surface area contributed by atoms with Crippen LogP contribution in [0.2, 0.25) is 0 Å². The Morgan fingerprint density at radius 3 is 3.00 bits per heavy atom. The third-order valence-corrected chi connectivity index (χ3v) is 5.57. The predicted molar refractivity (Wildman–Crippen MR) is 94.6 cm³/mol. The molecule has 0 bridgehead atoms. The van der Waals surface area contributed by atoms with Gasteiger partial charge in [-0.15, -0.1) is 11.3 Å². The molecule has 3 heterocycles. The topological polar surface area (TPSA) is 69.3 Å². The Morgan fingerprint density at radius 2 is 2.17 bits per heavy atom. The number of aromatic nitrogens is 1. The van der Waals surface area contributed by atoms with Gasteiger partial charge in [0.2, 0.25) is 5.91 Å². The van der Waals surface area contributed by atoms with E-state index in [1.54, 1.807) is 11.3 Å². The number of carbonyl (C=O) groups is 1. The van der Waals surface area contributed by atoms with Crippen LogP contribution in [0.3, 0.4) is 0 Å². The second-order valence-corrected chi connectivity index (χ2v) is 7.49. The fraction of sp³-hybridized carbons (Fsp3) is 0.412. The van der Waals surface area contributed by atoms with E-state index in [4.69, 9.17) is 0 Å². The largest absolute Gasteiger partial charge is 0.301 e. The minimum atomic E-state index is -0.251. The van der Waals surface area contributed by atoms with Crippen LogP contribution in [0.4, 0.5) is 5.13 Å². The molecular weight excluding hydrogens is 322 g/mol. The summed E-state index contributed by atoms with van der Waals surface area (Å²) in [7, 11) is 2.11. The first kappa shape index (κ1) is 15.7. The standard InChI is InChI=1S/C17H21N5OS/c1-22-8-7-12-15(10-22)24-17(18-12)19-16(23)14-9-13(20-21-14)11-5-3-2-4-6-11/h2-6,13-14,20-21H,7-10H2,1H3,(H,18,19,23). The number of nitrogens with one attached hydrogen (secondary N) is 3. The lowest BCUT2D eigenvalue weighted by Gasteiger charge is -2.20. The lowest BCUT2D eigenvalue weighted by molar-refractivity contribution is -0.117. The smallest absolute Gasteiger partial charge is 0.244 e. The quantitative estimate of drug-likeness (QED) is 0.791. The zero-order valence-electron chi connectivity index (χ0n) is 13.6. The van der Waals surface area contributed by atoms with Crippen LogP contribution in [-0.2, 0) is 17.8 Å². The monoisotopic (exact) mass is 343 g/mol. The lowest BCUT2D eigenvalue weighted by Crippen LogP contribution is -2.39. The van der Waals surface area contributed by atoms with Gasteiger partial charge in [0.05, 0.1) is 5.69 Å². The molecule has 1 aromatic heterocycles. The highest BCUT2D eigenvalue weighted by Gasteiger charge is 2.30. The summed E-state index contributed by atoms with van der Waals surface area (Å²) in [6, 6.07) is 10.1. The van der Waals surface area contributed by atoms with Gasteiger partial charge in [-0.2, -0.15) is 0 Å². The van der Waals surface area contributed by atoms with Gasteiger partial charge in [-0.1, -0.05) is 30.3 Å². The Labute approximate surface area is 145 Å². The molecule has 1 fully saturated rings. The normalized spacial score (nSPS) is 23.9. The Hall–Kier alpha value is -1.80. The fourth-order valence-electron chi connectivity index (χ4n) is 3.20. The number of likely N-dealkylation sites (N-methyl/N-ethyl adjacent to an activating group) is 1. The number of amides is 1. The van der Waals surface area contributed by atoms with Crippen LogP contribution in [0.1, 0.15) is 28.6 Å². The molecule has 6 nitrogen and oxygen atoms in total. The number of thiazole rings is 1. The third-order valence-electron chi connectivity index (χ3n) is 4.57. The van der Waals surface area contributed by atoms with Crippen molar-refractivity contribution in [3.8, 4) is 0 Å². The molecule has 2 aliphatic heterocycles. The predicted octanol–water partition coefficient (Wildman–Crippen LogP) is 1.68. The van der Waals surface area contributed by atoms with Gasteiger partial charge >= 0.3 is 0 Å². The van der Waals surface area contributed by atoms with Gasteiger partial charge < -0.3 is 10.2 Å². The zero-order valence-corrected chi connectivity index (χ0v) is 14.4. The molecule has 24 heavy (non-hydrogen) atoms. The van der Waals surface area contributed by atoms with Crippen molar-refractivity contribution < 1.29 is 4.79 Å². The van der Waals surface area contributed by atoms with E-state index in [-0.39, 0.29) is 18.0 Å². The first-order valence-electron chi connectivity index (χ1n) is 8.23. The second-order valence-electron chi connectivity index (χ2n) is 6.41. The van der Waals surface area contributed by atoms with Gasteiger partial charge in [0.15, 0.2) is 5.13 Å². The van der Waals surface area contributed by atoms with E-state index in [1.165, 1.54) is 10.4 Å². The summed E-state index contributed by atoms with van der Waals surface area (Å²) < 4.78 is 0. The molecule has 3 N–H and O–H groups in total. The summed E-state index contributed by atoms with van der Waals surface area (Å²) in [6.07, 6.45) is 1.68. The van der Waals surface area contributed by atoms with Crippen molar-refractivity contribution in [2.45, 2.75) is 31.5 Å². The van der Waals surface area contributed by atoms with Crippen LogP contribution in [0.25, 0.3) is 0 Å². The van der Waals surface area contributed by atoms with E-state index in [1.807, 2.05) is 18.2 Å². The number of nitrogens with zero attached hydrogens (tertiary/aromatic N) is 2. The average Bonchev–Trinajstić information content (AvgIpc) is 3.22. The van der Waals surface area contributed by atoms with E-state index in [2.05, 4.69) is 45.2 Å². The summed E-state index contributed by atoms with van der Waals surface area (Å²) in [4.78, 5) is 20.6. The summed E-state index contributed by atoms with van der Waals surface area (Å²) in [5.74, 6) is -0.0274.